The minimum Gasteiger partial charge on any atom is -0.480 e. The zero-order valence-corrected chi connectivity index (χ0v) is 12.9. The maximum Gasteiger partial charge on any atom is 0.326 e. The summed E-state index contributed by atoms with van der Waals surface area (Å²) in [4.78, 5) is 25.2. The molecule has 0 aromatic carbocycles. The Balaban J connectivity index is 1.77. The van der Waals surface area contributed by atoms with Gasteiger partial charge in [0.1, 0.15) is 6.04 Å². The summed E-state index contributed by atoms with van der Waals surface area (Å²) in [6.07, 6.45) is 6.07. The minimum atomic E-state index is -0.862. The van der Waals surface area contributed by atoms with Crippen LogP contribution in [-0.2, 0) is 14.3 Å². The van der Waals surface area contributed by atoms with Gasteiger partial charge in [0.15, 0.2) is 0 Å². The molecule has 2 saturated heterocycles. The molecule has 2 rings (SSSR count). The molecule has 0 spiro atoms. The first-order valence-electron chi connectivity index (χ1n) is 8.18. The Kier molecular flexibility index (Phi) is 6.03. The summed E-state index contributed by atoms with van der Waals surface area (Å²) in [6, 6.07) is -0.621. The van der Waals surface area contributed by atoms with E-state index < -0.39 is 12.0 Å². The maximum atomic E-state index is 12.3. The lowest BCUT2D eigenvalue weighted by Crippen LogP contribution is -2.49. The molecule has 2 unspecified atom stereocenters. The Labute approximate surface area is 126 Å². The Morgan fingerprint density at radius 1 is 1.24 bits per heavy atom. The Morgan fingerprint density at radius 3 is 2.62 bits per heavy atom. The van der Waals surface area contributed by atoms with Crippen LogP contribution in [0.3, 0.4) is 0 Å². The van der Waals surface area contributed by atoms with Crippen molar-refractivity contribution in [1.29, 1.82) is 0 Å². The van der Waals surface area contributed by atoms with E-state index in [0.29, 0.717) is 31.2 Å². The zero-order chi connectivity index (χ0) is 15.2. The number of nitrogens with zero attached hydrogens (tertiary/aromatic N) is 1. The number of ether oxygens (including phenoxy) is 1. The molecule has 5 nitrogen and oxygen atoms in total. The first kappa shape index (κ1) is 16.3. The van der Waals surface area contributed by atoms with Crippen molar-refractivity contribution in [2.24, 2.45) is 11.8 Å². The molecule has 0 aromatic heterocycles. The second-order valence-corrected chi connectivity index (χ2v) is 6.52. The van der Waals surface area contributed by atoms with E-state index in [1.54, 1.807) is 4.90 Å². The van der Waals surface area contributed by atoms with Crippen LogP contribution < -0.4 is 0 Å². The smallest absolute Gasteiger partial charge is 0.326 e. The number of carboxylic acids is 1. The second kappa shape index (κ2) is 7.78. The first-order chi connectivity index (χ1) is 10.1. The van der Waals surface area contributed by atoms with Crippen LogP contribution in [0.1, 0.15) is 51.9 Å². The SMILES string of the molecule is CC1CCN(C(=O)CCCC2CCOCC2)C(C(=O)O)C1. The third-order valence-electron chi connectivity index (χ3n) is 4.81. The average Bonchev–Trinajstić information content (AvgIpc) is 2.48. The fraction of sp³-hybridized carbons (Fsp3) is 0.875. The van der Waals surface area contributed by atoms with E-state index in [1.165, 1.54) is 0 Å². The van der Waals surface area contributed by atoms with Crippen LogP contribution in [0.25, 0.3) is 0 Å². The summed E-state index contributed by atoms with van der Waals surface area (Å²) >= 11 is 0. The van der Waals surface area contributed by atoms with Gasteiger partial charge in [0.25, 0.3) is 0 Å². The number of rotatable bonds is 5. The quantitative estimate of drug-likeness (QED) is 0.845. The molecule has 1 amide bonds. The highest BCUT2D eigenvalue weighted by molar-refractivity contribution is 5.83. The molecule has 2 atom stereocenters. The number of amides is 1. The van der Waals surface area contributed by atoms with E-state index >= 15 is 0 Å². The molecule has 0 aliphatic carbocycles. The molecule has 0 saturated carbocycles. The largest absolute Gasteiger partial charge is 0.480 e. The highest BCUT2D eigenvalue weighted by atomic mass is 16.5. The first-order valence-corrected chi connectivity index (χ1v) is 8.18. The van der Waals surface area contributed by atoms with E-state index in [4.69, 9.17) is 4.74 Å². The highest BCUT2D eigenvalue weighted by Gasteiger charge is 2.34. The van der Waals surface area contributed by atoms with Crippen molar-refractivity contribution in [3.8, 4) is 0 Å². The van der Waals surface area contributed by atoms with Gasteiger partial charge in [0.2, 0.25) is 5.91 Å². The predicted molar refractivity (Wildman–Crippen MR) is 78.9 cm³/mol. The van der Waals surface area contributed by atoms with Crippen LogP contribution in [0.2, 0.25) is 0 Å². The molecular formula is C16H27NO4. The number of hydrogen-bond acceptors (Lipinski definition) is 3. The topological polar surface area (TPSA) is 66.8 Å². The van der Waals surface area contributed by atoms with E-state index in [0.717, 1.165) is 45.3 Å². The van der Waals surface area contributed by atoms with Gasteiger partial charge < -0.3 is 14.7 Å². The van der Waals surface area contributed by atoms with Crippen molar-refractivity contribution >= 4 is 11.9 Å². The minimum absolute atomic E-state index is 0.0151. The molecule has 5 heteroatoms. The van der Waals surface area contributed by atoms with Gasteiger partial charge >= 0.3 is 5.97 Å². The van der Waals surface area contributed by atoms with Crippen LogP contribution in [0.5, 0.6) is 0 Å². The summed E-state index contributed by atoms with van der Waals surface area (Å²) in [5.74, 6) is 0.210. The lowest BCUT2D eigenvalue weighted by atomic mass is 9.91. The standard InChI is InChI=1S/C16H27NO4/c1-12-5-8-17(14(11-12)16(19)20)15(18)4-2-3-13-6-9-21-10-7-13/h12-14H,2-11H2,1H3,(H,19,20). The summed E-state index contributed by atoms with van der Waals surface area (Å²) in [6.45, 7) is 4.32. The third kappa shape index (κ3) is 4.70. The summed E-state index contributed by atoms with van der Waals surface area (Å²) in [5.41, 5.74) is 0. The molecule has 21 heavy (non-hydrogen) atoms. The second-order valence-electron chi connectivity index (χ2n) is 6.52. The van der Waals surface area contributed by atoms with Crippen molar-refractivity contribution < 1.29 is 19.4 Å². The number of carboxylic acid groups (broad SMARTS) is 1. The molecule has 0 radical (unpaired) electrons. The summed E-state index contributed by atoms with van der Waals surface area (Å²) < 4.78 is 5.33. The van der Waals surface area contributed by atoms with Gasteiger partial charge in [-0.05, 0) is 50.4 Å². The van der Waals surface area contributed by atoms with Crippen LogP contribution in [0.4, 0.5) is 0 Å². The van der Waals surface area contributed by atoms with Gasteiger partial charge in [0.05, 0.1) is 0 Å². The number of aliphatic carboxylic acids is 1. The number of hydrogen-bond donors (Lipinski definition) is 1. The Hall–Kier alpha value is -1.10. The lowest BCUT2D eigenvalue weighted by molar-refractivity contribution is -0.153. The van der Waals surface area contributed by atoms with Crippen LogP contribution >= 0.6 is 0 Å². The fourth-order valence-electron chi connectivity index (χ4n) is 3.39. The molecule has 120 valence electrons. The lowest BCUT2D eigenvalue weighted by Gasteiger charge is -2.36. The van der Waals surface area contributed by atoms with Gasteiger partial charge in [-0.15, -0.1) is 0 Å². The molecule has 2 fully saturated rings. The van der Waals surface area contributed by atoms with Gasteiger partial charge in [-0.25, -0.2) is 4.79 Å². The predicted octanol–water partition coefficient (Wildman–Crippen LogP) is 2.29. The van der Waals surface area contributed by atoms with Crippen LogP contribution in [0, 0.1) is 11.8 Å². The van der Waals surface area contributed by atoms with Crippen molar-refractivity contribution in [2.75, 3.05) is 19.8 Å². The van der Waals surface area contributed by atoms with Gasteiger partial charge in [-0.1, -0.05) is 6.92 Å². The molecular weight excluding hydrogens is 270 g/mol. The Morgan fingerprint density at radius 2 is 1.95 bits per heavy atom. The van der Waals surface area contributed by atoms with Crippen molar-refractivity contribution in [1.82, 2.24) is 4.90 Å². The van der Waals surface area contributed by atoms with Gasteiger partial charge in [-0.3, -0.25) is 4.79 Å². The number of likely N-dealkylation sites (tertiary alicyclic amines) is 1. The van der Waals surface area contributed by atoms with Crippen LogP contribution in [-0.4, -0.2) is 47.7 Å². The third-order valence-corrected chi connectivity index (χ3v) is 4.81. The van der Waals surface area contributed by atoms with E-state index in [1.807, 2.05) is 0 Å². The normalized spacial score (nSPS) is 27.6. The molecule has 2 aliphatic rings. The van der Waals surface area contributed by atoms with Crippen molar-refractivity contribution in [3.05, 3.63) is 0 Å². The van der Waals surface area contributed by atoms with E-state index in [-0.39, 0.29) is 5.91 Å². The monoisotopic (exact) mass is 297 g/mol. The number of piperidine rings is 1. The van der Waals surface area contributed by atoms with Gasteiger partial charge in [-0.2, -0.15) is 0 Å². The molecule has 0 bridgehead atoms. The summed E-state index contributed by atoms with van der Waals surface area (Å²) in [7, 11) is 0. The average molecular weight is 297 g/mol. The Bertz CT molecular complexity index is 365. The van der Waals surface area contributed by atoms with E-state index in [9.17, 15) is 14.7 Å². The highest BCUT2D eigenvalue weighted by Crippen LogP contribution is 2.25. The van der Waals surface area contributed by atoms with Gasteiger partial charge in [0, 0.05) is 26.2 Å². The molecule has 2 heterocycles. The van der Waals surface area contributed by atoms with Crippen molar-refractivity contribution in [2.45, 2.75) is 57.9 Å². The maximum absolute atomic E-state index is 12.3. The molecule has 0 aromatic rings. The fourth-order valence-corrected chi connectivity index (χ4v) is 3.39. The van der Waals surface area contributed by atoms with E-state index in [2.05, 4.69) is 6.92 Å². The zero-order valence-electron chi connectivity index (χ0n) is 12.9. The van der Waals surface area contributed by atoms with Crippen molar-refractivity contribution in [3.63, 3.8) is 0 Å². The number of carbonyl (C=O) groups excluding carboxylic acids is 1. The molecule has 2 aliphatic heterocycles. The van der Waals surface area contributed by atoms with Crippen LogP contribution in [0.15, 0.2) is 0 Å². The summed E-state index contributed by atoms with van der Waals surface area (Å²) in [5, 5.41) is 9.30. The number of carbonyl (C=O) groups is 2. The molecule has 1 N–H and O–H groups in total.